The van der Waals surface area contributed by atoms with Crippen LogP contribution in [-0.4, -0.2) is 74.2 Å². The Bertz CT molecular complexity index is 982. The molecule has 0 saturated carbocycles. The summed E-state index contributed by atoms with van der Waals surface area (Å²) in [5.41, 5.74) is 0.262. The fourth-order valence-electron chi connectivity index (χ4n) is 3.70. The van der Waals surface area contributed by atoms with E-state index in [4.69, 9.17) is 9.47 Å². The maximum atomic E-state index is 12.9. The van der Waals surface area contributed by atoms with Gasteiger partial charge in [-0.05, 0) is 50.5 Å². The molecular weight excluding hydrogens is 440 g/mol. The van der Waals surface area contributed by atoms with E-state index in [2.05, 4.69) is 0 Å². The zero-order valence-corrected chi connectivity index (χ0v) is 18.6. The van der Waals surface area contributed by atoms with Gasteiger partial charge in [0.2, 0.25) is 15.9 Å². The van der Waals surface area contributed by atoms with Gasteiger partial charge >= 0.3 is 11.9 Å². The van der Waals surface area contributed by atoms with Gasteiger partial charge in [0.1, 0.15) is 0 Å². The quantitative estimate of drug-likeness (QED) is 0.544. The Morgan fingerprint density at radius 1 is 1.03 bits per heavy atom. The average Bonchev–Trinajstić information content (AvgIpc) is 3.23. The summed E-state index contributed by atoms with van der Waals surface area (Å²) in [6.07, 6.45) is 1.45. The van der Waals surface area contributed by atoms with E-state index in [9.17, 15) is 27.6 Å². The fourth-order valence-corrected chi connectivity index (χ4v) is 5.17. The molecule has 0 N–H and O–H groups in total. The lowest BCUT2D eigenvalue weighted by Gasteiger charge is -2.30. The van der Waals surface area contributed by atoms with E-state index in [0.29, 0.717) is 19.4 Å². The van der Waals surface area contributed by atoms with E-state index in [1.807, 2.05) is 0 Å². The number of hydrogen-bond donors (Lipinski definition) is 0. The van der Waals surface area contributed by atoms with Crippen LogP contribution in [0, 0.1) is 5.92 Å². The van der Waals surface area contributed by atoms with E-state index < -0.39 is 40.4 Å². The van der Waals surface area contributed by atoms with Crippen molar-refractivity contribution in [2.24, 2.45) is 5.92 Å². The lowest BCUT2D eigenvalue weighted by atomic mass is 9.98. The number of sulfonamides is 1. The fraction of sp³-hybridized carbons (Fsp3) is 0.524. The molecule has 1 aromatic carbocycles. The molecule has 0 radical (unpaired) electrons. The number of nitrogens with zero attached hydrogens (tertiary/aromatic N) is 2. The van der Waals surface area contributed by atoms with Crippen molar-refractivity contribution < 1.29 is 37.1 Å². The largest absolute Gasteiger partial charge is 0.462 e. The number of carbonyl (C=O) groups is 4. The van der Waals surface area contributed by atoms with Gasteiger partial charge in [0.25, 0.3) is 5.91 Å². The summed E-state index contributed by atoms with van der Waals surface area (Å²) in [5.74, 6) is -2.41. The van der Waals surface area contributed by atoms with Gasteiger partial charge in [-0.2, -0.15) is 4.31 Å². The molecule has 2 amide bonds. The summed E-state index contributed by atoms with van der Waals surface area (Å²) >= 11 is 0. The SMILES string of the molecule is CCOC(=O)c1ccc(S(=O)(=O)N2CCC(C(=O)OCC(=O)N3CCCC3=O)CC2)cc1. The van der Waals surface area contributed by atoms with Crippen LogP contribution in [0.15, 0.2) is 29.2 Å². The van der Waals surface area contributed by atoms with Gasteiger partial charge in [0.15, 0.2) is 6.61 Å². The molecule has 2 fully saturated rings. The van der Waals surface area contributed by atoms with Crippen molar-refractivity contribution in [1.82, 2.24) is 9.21 Å². The van der Waals surface area contributed by atoms with Crippen molar-refractivity contribution in [3.8, 4) is 0 Å². The van der Waals surface area contributed by atoms with Crippen molar-refractivity contribution in [1.29, 1.82) is 0 Å². The van der Waals surface area contributed by atoms with Gasteiger partial charge in [0.05, 0.1) is 23.0 Å². The van der Waals surface area contributed by atoms with Crippen LogP contribution in [0.2, 0.25) is 0 Å². The van der Waals surface area contributed by atoms with E-state index in [1.165, 1.54) is 28.6 Å². The summed E-state index contributed by atoms with van der Waals surface area (Å²) < 4.78 is 37.0. The molecule has 11 heteroatoms. The summed E-state index contributed by atoms with van der Waals surface area (Å²) in [5, 5.41) is 0. The third-order valence-electron chi connectivity index (χ3n) is 5.50. The number of amides is 2. The van der Waals surface area contributed by atoms with Crippen molar-refractivity contribution in [2.75, 3.05) is 32.8 Å². The molecule has 0 aliphatic carbocycles. The third kappa shape index (κ3) is 5.33. The number of hydrogen-bond acceptors (Lipinski definition) is 8. The molecule has 0 bridgehead atoms. The van der Waals surface area contributed by atoms with Crippen molar-refractivity contribution >= 4 is 33.8 Å². The van der Waals surface area contributed by atoms with E-state index in [-0.39, 0.29) is 48.9 Å². The average molecular weight is 467 g/mol. The first-order valence-corrected chi connectivity index (χ1v) is 11.9. The van der Waals surface area contributed by atoms with Crippen molar-refractivity contribution in [3.63, 3.8) is 0 Å². The number of esters is 2. The van der Waals surface area contributed by atoms with Gasteiger partial charge in [-0.3, -0.25) is 19.3 Å². The Labute approximate surface area is 186 Å². The summed E-state index contributed by atoms with van der Waals surface area (Å²) in [4.78, 5) is 48.7. The van der Waals surface area contributed by atoms with Crippen molar-refractivity contribution in [2.45, 2.75) is 37.5 Å². The molecule has 10 nitrogen and oxygen atoms in total. The maximum Gasteiger partial charge on any atom is 0.338 e. The van der Waals surface area contributed by atoms with Crippen LogP contribution in [0.5, 0.6) is 0 Å². The Balaban J connectivity index is 1.51. The maximum absolute atomic E-state index is 12.9. The number of ether oxygens (including phenoxy) is 2. The lowest BCUT2D eigenvalue weighted by Crippen LogP contribution is -2.41. The Kier molecular flexibility index (Phi) is 7.62. The number of imide groups is 1. The lowest BCUT2D eigenvalue weighted by molar-refractivity contribution is -0.158. The van der Waals surface area contributed by atoms with Crippen LogP contribution < -0.4 is 0 Å². The van der Waals surface area contributed by atoms with E-state index in [0.717, 1.165) is 4.90 Å². The third-order valence-corrected chi connectivity index (χ3v) is 7.42. The minimum Gasteiger partial charge on any atom is -0.462 e. The van der Waals surface area contributed by atoms with Crippen LogP contribution in [-0.2, 0) is 33.9 Å². The molecule has 0 atom stereocenters. The topological polar surface area (TPSA) is 127 Å². The standard InChI is InChI=1S/C21H26N2O8S/c1-2-30-20(26)15-5-7-17(8-6-15)32(28,29)22-12-9-16(10-13-22)21(27)31-14-19(25)23-11-3-4-18(23)24/h5-8,16H,2-4,9-14H2,1H3. The molecule has 0 spiro atoms. The predicted octanol–water partition coefficient (Wildman–Crippen LogP) is 0.956. The molecule has 32 heavy (non-hydrogen) atoms. The molecule has 2 aliphatic rings. The molecule has 2 aliphatic heterocycles. The van der Waals surface area contributed by atoms with E-state index in [1.54, 1.807) is 6.92 Å². The molecular formula is C21H26N2O8S. The number of likely N-dealkylation sites (tertiary alicyclic amines) is 1. The van der Waals surface area contributed by atoms with Crippen LogP contribution in [0.4, 0.5) is 0 Å². The normalized spacial score (nSPS) is 17.9. The van der Waals surface area contributed by atoms with Gasteiger partial charge in [0, 0.05) is 26.1 Å². The number of piperidine rings is 1. The van der Waals surface area contributed by atoms with Gasteiger partial charge < -0.3 is 9.47 Å². The summed E-state index contributed by atoms with van der Waals surface area (Å²) in [6, 6.07) is 5.51. The highest BCUT2D eigenvalue weighted by atomic mass is 32.2. The van der Waals surface area contributed by atoms with Crippen LogP contribution in [0.25, 0.3) is 0 Å². The van der Waals surface area contributed by atoms with Gasteiger partial charge in [-0.1, -0.05) is 0 Å². The van der Waals surface area contributed by atoms with Crippen LogP contribution in [0.1, 0.15) is 43.0 Å². The van der Waals surface area contributed by atoms with Crippen LogP contribution in [0.3, 0.4) is 0 Å². The molecule has 3 rings (SSSR count). The van der Waals surface area contributed by atoms with Gasteiger partial charge in [-0.15, -0.1) is 0 Å². The predicted molar refractivity (Wildman–Crippen MR) is 111 cm³/mol. The molecule has 0 unspecified atom stereocenters. The highest BCUT2D eigenvalue weighted by Crippen LogP contribution is 2.25. The first-order chi connectivity index (χ1) is 15.2. The highest BCUT2D eigenvalue weighted by Gasteiger charge is 2.34. The molecule has 1 aromatic rings. The second-order valence-corrected chi connectivity index (χ2v) is 9.51. The molecule has 2 heterocycles. The monoisotopic (exact) mass is 466 g/mol. The van der Waals surface area contributed by atoms with Gasteiger partial charge in [-0.25, -0.2) is 13.2 Å². The smallest absolute Gasteiger partial charge is 0.338 e. The number of benzene rings is 1. The first kappa shape index (κ1) is 23.9. The zero-order valence-electron chi connectivity index (χ0n) is 17.8. The first-order valence-electron chi connectivity index (χ1n) is 10.5. The van der Waals surface area contributed by atoms with Crippen molar-refractivity contribution in [3.05, 3.63) is 29.8 Å². The minimum absolute atomic E-state index is 0.0486. The summed E-state index contributed by atoms with van der Waals surface area (Å²) in [6.45, 7) is 2.01. The van der Waals surface area contributed by atoms with E-state index >= 15 is 0 Å². The number of rotatable bonds is 7. The Morgan fingerprint density at radius 3 is 2.25 bits per heavy atom. The molecule has 0 aromatic heterocycles. The molecule has 2 saturated heterocycles. The summed E-state index contributed by atoms with van der Waals surface area (Å²) in [7, 11) is -3.78. The zero-order chi connectivity index (χ0) is 23.3. The second-order valence-electron chi connectivity index (χ2n) is 7.57. The Morgan fingerprint density at radius 2 is 1.69 bits per heavy atom. The minimum atomic E-state index is -3.78. The Hall–Kier alpha value is -2.79. The highest BCUT2D eigenvalue weighted by molar-refractivity contribution is 7.89. The second kappa shape index (κ2) is 10.2. The number of carbonyl (C=O) groups excluding carboxylic acids is 4. The molecule has 174 valence electrons. The van der Waals surface area contributed by atoms with Crippen LogP contribution >= 0.6 is 0 Å².